The summed E-state index contributed by atoms with van der Waals surface area (Å²) in [7, 11) is 2.18. The van der Waals surface area contributed by atoms with E-state index in [-0.39, 0.29) is 18.9 Å². The van der Waals surface area contributed by atoms with Crippen LogP contribution in [0.3, 0.4) is 0 Å². The molecule has 3 rings (SSSR count). The highest BCUT2D eigenvalue weighted by molar-refractivity contribution is 8.01. The first kappa shape index (κ1) is 32.3. The largest absolute Gasteiger partial charge is 0.488 e. The molecule has 0 radical (unpaired) electrons. The third-order valence-electron chi connectivity index (χ3n) is 5.73. The van der Waals surface area contributed by atoms with E-state index in [1.54, 1.807) is 31.3 Å². The number of benzene rings is 2. The van der Waals surface area contributed by atoms with E-state index in [9.17, 15) is 9.59 Å². The van der Waals surface area contributed by atoms with Crippen LogP contribution in [0.2, 0.25) is 0 Å². The number of aryl methyl sites for hydroxylation is 1. The van der Waals surface area contributed by atoms with Crippen LogP contribution in [-0.4, -0.2) is 63.7 Å². The number of carboxylic acids is 1. The van der Waals surface area contributed by atoms with Gasteiger partial charge in [-0.1, -0.05) is 22.1 Å². The molecule has 2 aromatic carbocycles. The normalized spacial score (nSPS) is 11.5. The molecule has 2 N–H and O–H groups in total. The maximum atomic E-state index is 12.2. The summed E-state index contributed by atoms with van der Waals surface area (Å²) < 4.78 is 19.3. The zero-order valence-corrected chi connectivity index (χ0v) is 25.2. The predicted octanol–water partition coefficient (Wildman–Crippen LogP) is 4.05. The summed E-state index contributed by atoms with van der Waals surface area (Å²) in [5.41, 5.74) is 2.69. The Morgan fingerprint density at radius 1 is 1.07 bits per heavy atom. The number of aliphatic carboxylic acids is 1. The summed E-state index contributed by atoms with van der Waals surface area (Å²) in [5, 5.41) is 23.8. The second-order valence-electron chi connectivity index (χ2n) is 8.98. The number of carbonyl (C=O) groups is 2. The molecule has 14 heteroatoms. The summed E-state index contributed by atoms with van der Waals surface area (Å²) in [5.74, 6) is 0.337. The number of hydrogen-bond acceptors (Lipinski definition) is 9. The Morgan fingerprint density at radius 3 is 2.38 bits per heavy atom. The molecule has 0 aliphatic carbocycles. The SMILES string of the molecule is CO[P+](=S)N(C)/N=C/c1ccc(OC=COc2ccc(CCNC(=O)Cn3cc(CCCCC(=O)O)nn3)cc2)cc1. The lowest BCUT2D eigenvalue weighted by molar-refractivity contribution is -0.137. The molecule has 0 spiro atoms. The third-order valence-corrected chi connectivity index (χ3v) is 7.78. The molecule has 1 amide bonds. The second-order valence-corrected chi connectivity index (χ2v) is 11.3. The molecule has 12 nitrogen and oxygen atoms in total. The number of hydrogen-bond donors (Lipinski definition) is 2. The number of hydrazone groups is 1. The minimum atomic E-state index is -1.15. The van der Waals surface area contributed by atoms with Crippen molar-refractivity contribution in [1.82, 2.24) is 25.1 Å². The van der Waals surface area contributed by atoms with Gasteiger partial charge in [0.1, 0.15) is 30.6 Å². The van der Waals surface area contributed by atoms with Gasteiger partial charge in [-0.3, -0.25) is 9.59 Å². The predicted molar refractivity (Wildman–Crippen MR) is 162 cm³/mol. The van der Waals surface area contributed by atoms with Crippen LogP contribution >= 0.6 is 7.07 Å². The van der Waals surface area contributed by atoms with Crippen LogP contribution in [0.5, 0.6) is 11.5 Å². The number of nitrogens with one attached hydrogen (secondary N) is 1. The fraction of sp³-hybridized carbons (Fsp3) is 0.321. The molecular formula is C28H34N6O6PS+. The van der Waals surface area contributed by atoms with E-state index in [0.29, 0.717) is 43.7 Å². The summed E-state index contributed by atoms with van der Waals surface area (Å²) in [6.45, 7) is 0.554. The van der Waals surface area contributed by atoms with Gasteiger partial charge in [0, 0.05) is 19.2 Å². The number of amides is 1. The van der Waals surface area contributed by atoms with E-state index in [1.807, 2.05) is 48.5 Å². The van der Waals surface area contributed by atoms with E-state index in [1.165, 1.54) is 17.2 Å². The number of nitrogens with zero attached hydrogens (tertiary/aromatic N) is 5. The Balaban J connectivity index is 1.32. The highest BCUT2D eigenvalue weighted by Crippen LogP contribution is 2.25. The molecule has 1 unspecified atom stereocenters. The lowest BCUT2D eigenvalue weighted by Crippen LogP contribution is -2.29. The Bertz CT molecular complexity index is 1360. The van der Waals surface area contributed by atoms with E-state index < -0.39 is 13.0 Å². The number of carboxylic acid groups (broad SMARTS) is 1. The monoisotopic (exact) mass is 613 g/mol. The van der Waals surface area contributed by atoms with Crippen LogP contribution in [0.4, 0.5) is 0 Å². The van der Waals surface area contributed by atoms with Crippen molar-refractivity contribution >= 4 is 37.0 Å². The fourth-order valence-corrected chi connectivity index (χ4v) is 4.05. The van der Waals surface area contributed by atoms with Crippen LogP contribution in [0.15, 0.2) is 72.4 Å². The smallest absolute Gasteiger partial charge is 0.481 e. The molecule has 0 bridgehead atoms. The molecule has 1 aromatic heterocycles. The first-order valence-corrected chi connectivity index (χ1v) is 15.4. The molecule has 0 aliphatic rings. The van der Waals surface area contributed by atoms with Crippen molar-refractivity contribution in [2.24, 2.45) is 5.10 Å². The second kappa shape index (κ2) is 17.6. The maximum Gasteiger partial charge on any atom is 0.488 e. The van der Waals surface area contributed by atoms with Crippen molar-refractivity contribution in [1.29, 1.82) is 0 Å². The summed E-state index contributed by atoms with van der Waals surface area (Å²) >= 11 is 5.15. The molecular weight excluding hydrogens is 579 g/mol. The van der Waals surface area contributed by atoms with Crippen LogP contribution in [0.1, 0.15) is 36.1 Å². The molecule has 222 valence electrons. The van der Waals surface area contributed by atoms with Gasteiger partial charge in [-0.15, -0.1) is 10.2 Å². The van der Waals surface area contributed by atoms with Gasteiger partial charge in [0.15, 0.2) is 0 Å². The van der Waals surface area contributed by atoms with Gasteiger partial charge in [0.05, 0.1) is 26.1 Å². The average molecular weight is 614 g/mol. The number of unbranched alkanes of at least 4 members (excludes halogenated alkanes) is 1. The van der Waals surface area contributed by atoms with E-state index in [2.05, 4.69) is 20.7 Å². The summed E-state index contributed by atoms with van der Waals surface area (Å²) in [6.07, 6.45) is 9.06. The highest BCUT2D eigenvalue weighted by Gasteiger charge is 2.14. The van der Waals surface area contributed by atoms with Crippen molar-refractivity contribution in [2.45, 2.75) is 38.6 Å². The molecule has 0 aliphatic heterocycles. The molecule has 42 heavy (non-hydrogen) atoms. The van der Waals surface area contributed by atoms with Crippen LogP contribution in [-0.2, 0) is 45.3 Å². The van der Waals surface area contributed by atoms with Gasteiger partial charge < -0.3 is 19.9 Å². The molecule has 0 saturated carbocycles. The summed E-state index contributed by atoms with van der Waals surface area (Å²) in [6, 6.07) is 15.0. The zero-order valence-electron chi connectivity index (χ0n) is 23.5. The first-order chi connectivity index (χ1) is 20.3. The van der Waals surface area contributed by atoms with Gasteiger partial charge >= 0.3 is 13.0 Å². The minimum absolute atomic E-state index is 0.0741. The molecule has 0 fully saturated rings. The lowest BCUT2D eigenvalue weighted by Gasteiger charge is -2.06. The minimum Gasteiger partial charge on any atom is -0.481 e. The molecule has 0 saturated heterocycles. The van der Waals surface area contributed by atoms with Crippen molar-refractivity contribution < 1.29 is 28.7 Å². The number of aromatic nitrogens is 3. The molecule has 1 heterocycles. The third kappa shape index (κ3) is 12.1. The van der Waals surface area contributed by atoms with E-state index >= 15 is 0 Å². The van der Waals surface area contributed by atoms with E-state index in [0.717, 1.165) is 16.8 Å². The van der Waals surface area contributed by atoms with E-state index in [4.69, 9.17) is 30.9 Å². The Labute approximate surface area is 250 Å². The van der Waals surface area contributed by atoms with Gasteiger partial charge in [0.25, 0.3) is 0 Å². The number of rotatable bonds is 18. The molecule has 1 atom stereocenters. The van der Waals surface area contributed by atoms with Crippen molar-refractivity contribution in [3.8, 4) is 11.5 Å². The number of ether oxygens (including phenoxy) is 2. The quantitative estimate of drug-likeness (QED) is 0.0710. The van der Waals surface area contributed by atoms with Gasteiger partial charge in [0.2, 0.25) is 17.7 Å². The number of carbonyl (C=O) groups excluding carboxylic acids is 1. The zero-order chi connectivity index (χ0) is 30.2. The summed E-state index contributed by atoms with van der Waals surface area (Å²) in [4.78, 5) is 22.8. The fourth-order valence-electron chi connectivity index (χ4n) is 3.55. The lowest BCUT2D eigenvalue weighted by atomic mass is 10.1. The van der Waals surface area contributed by atoms with Gasteiger partial charge in [-0.25, -0.2) is 4.68 Å². The van der Waals surface area contributed by atoms with Crippen LogP contribution < -0.4 is 14.8 Å². The topological polar surface area (TPSA) is 140 Å². The van der Waals surface area contributed by atoms with Crippen molar-refractivity contribution in [3.05, 3.63) is 84.1 Å². The molecule has 3 aromatic rings. The van der Waals surface area contributed by atoms with Crippen LogP contribution in [0, 0.1) is 0 Å². The van der Waals surface area contributed by atoms with Crippen LogP contribution in [0.25, 0.3) is 0 Å². The van der Waals surface area contributed by atoms with Crippen molar-refractivity contribution in [2.75, 3.05) is 20.7 Å². The van der Waals surface area contributed by atoms with Gasteiger partial charge in [-0.2, -0.15) is 4.52 Å². The Hall–Kier alpha value is -4.19. The first-order valence-electron chi connectivity index (χ1n) is 13.2. The standard InChI is InChI=1S/C28H33N6O6PS/c1-33(41(42)38-2)30-19-23-9-13-26(14-10-23)40-18-17-39-25-11-7-22(8-12-25)15-16-29-27(35)21-34-20-24(31-32-34)5-3-4-6-28(36)37/h7-14,17-20H,3-6,15-16,21H2,1-2H3,(H-,29,35,36,37)/p+1/b18-17?,30-19+. The average Bonchev–Trinajstić information content (AvgIpc) is 3.43. The highest BCUT2D eigenvalue weighted by atomic mass is 32.4. The Morgan fingerprint density at radius 2 is 1.74 bits per heavy atom. The van der Waals surface area contributed by atoms with Gasteiger partial charge in [-0.05, 0) is 73.2 Å². The Kier molecular flexibility index (Phi) is 13.5. The van der Waals surface area contributed by atoms with Crippen molar-refractivity contribution in [3.63, 3.8) is 0 Å². The maximum absolute atomic E-state index is 12.2.